The number of hydrogen-bond donors (Lipinski definition) is 0. The molecular weight excluding hydrogens is 248 g/mol. The van der Waals surface area contributed by atoms with Crippen molar-refractivity contribution in [2.24, 2.45) is 5.92 Å². The van der Waals surface area contributed by atoms with Gasteiger partial charge >= 0.3 is 0 Å². The summed E-state index contributed by atoms with van der Waals surface area (Å²) in [5, 5.41) is 0. The van der Waals surface area contributed by atoms with Crippen LogP contribution in [0.25, 0.3) is 0 Å². The van der Waals surface area contributed by atoms with Crippen LogP contribution in [0.15, 0.2) is 12.3 Å². The lowest BCUT2D eigenvalue weighted by Gasteiger charge is -2.34. The van der Waals surface area contributed by atoms with Crippen LogP contribution in [0.5, 0.6) is 0 Å². The number of rotatable bonds is 4. The molecule has 0 spiro atoms. The molecule has 1 aliphatic rings. The highest BCUT2D eigenvalue weighted by molar-refractivity contribution is 6.17. The van der Waals surface area contributed by atoms with Crippen LogP contribution in [0.4, 0.5) is 5.69 Å². The van der Waals surface area contributed by atoms with Crippen LogP contribution in [0.2, 0.25) is 0 Å². The molecule has 0 aliphatic carbocycles. The molecule has 0 amide bonds. The van der Waals surface area contributed by atoms with Crippen LogP contribution in [0.3, 0.4) is 0 Å². The summed E-state index contributed by atoms with van der Waals surface area (Å²) in [6, 6.07) is 2.15. The maximum absolute atomic E-state index is 6.00. The first-order chi connectivity index (χ1) is 8.74. The van der Waals surface area contributed by atoms with Gasteiger partial charge in [0, 0.05) is 49.9 Å². The number of piperidine rings is 1. The highest BCUT2D eigenvalue weighted by Gasteiger charge is 2.21. The second-order valence-corrected chi connectivity index (χ2v) is 5.24. The summed E-state index contributed by atoms with van der Waals surface area (Å²) >= 11 is 6.00. The van der Waals surface area contributed by atoms with Crippen molar-refractivity contribution in [1.29, 1.82) is 0 Å². The minimum Gasteiger partial charge on any atom is -0.384 e. The maximum atomic E-state index is 6.00. The van der Waals surface area contributed by atoms with Gasteiger partial charge in [-0.1, -0.05) is 0 Å². The van der Waals surface area contributed by atoms with E-state index in [4.69, 9.17) is 16.3 Å². The third kappa shape index (κ3) is 3.15. The molecule has 100 valence electrons. The van der Waals surface area contributed by atoms with Crippen LogP contribution in [0.1, 0.15) is 24.1 Å². The van der Waals surface area contributed by atoms with Crippen LogP contribution < -0.4 is 4.90 Å². The molecule has 0 unspecified atom stereocenters. The molecular formula is C14H21ClN2O. The number of pyridine rings is 1. The van der Waals surface area contributed by atoms with Crippen molar-refractivity contribution in [2.75, 3.05) is 31.7 Å². The van der Waals surface area contributed by atoms with Gasteiger partial charge in [0.05, 0.1) is 5.88 Å². The van der Waals surface area contributed by atoms with Gasteiger partial charge in [-0.3, -0.25) is 4.98 Å². The summed E-state index contributed by atoms with van der Waals surface area (Å²) < 4.78 is 5.24. The Balaban J connectivity index is 2.06. The number of anilines is 1. The zero-order valence-corrected chi connectivity index (χ0v) is 11.9. The smallest absolute Gasteiger partial charge is 0.0509 e. The topological polar surface area (TPSA) is 25.4 Å². The molecule has 0 N–H and O–H groups in total. The van der Waals surface area contributed by atoms with E-state index < -0.39 is 0 Å². The van der Waals surface area contributed by atoms with Gasteiger partial charge in [0.15, 0.2) is 0 Å². The Morgan fingerprint density at radius 1 is 1.44 bits per heavy atom. The Morgan fingerprint density at radius 3 is 2.78 bits per heavy atom. The van der Waals surface area contributed by atoms with Gasteiger partial charge in [0.25, 0.3) is 0 Å². The number of methoxy groups -OCH3 is 1. The van der Waals surface area contributed by atoms with Crippen LogP contribution in [-0.2, 0) is 10.6 Å². The molecule has 0 aromatic carbocycles. The first-order valence-corrected chi connectivity index (χ1v) is 7.03. The van der Waals surface area contributed by atoms with Gasteiger partial charge in [0.2, 0.25) is 0 Å². The average Bonchev–Trinajstić information content (AvgIpc) is 2.40. The summed E-state index contributed by atoms with van der Waals surface area (Å²) in [5.74, 6) is 1.23. The van der Waals surface area contributed by atoms with E-state index in [9.17, 15) is 0 Å². The van der Waals surface area contributed by atoms with Crippen molar-refractivity contribution in [3.05, 3.63) is 23.5 Å². The van der Waals surface area contributed by atoms with Crippen molar-refractivity contribution in [1.82, 2.24) is 4.98 Å². The number of alkyl halides is 1. The van der Waals surface area contributed by atoms with Gasteiger partial charge in [-0.25, -0.2) is 0 Å². The predicted molar refractivity (Wildman–Crippen MR) is 75.3 cm³/mol. The Kier molecular flexibility index (Phi) is 4.84. The highest BCUT2D eigenvalue weighted by Crippen LogP contribution is 2.27. The van der Waals surface area contributed by atoms with Crippen molar-refractivity contribution in [2.45, 2.75) is 25.6 Å². The fourth-order valence-electron chi connectivity index (χ4n) is 2.55. The van der Waals surface area contributed by atoms with Gasteiger partial charge in [-0.05, 0) is 31.7 Å². The molecule has 3 nitrogen and oxygen atoms in total. The minimum absolute atomic E-state index is 0.528. The monoisotopic (exact) mass is 268 g/mol. The fraction of sp³-hybridized carbons (Fsp3) is 0.643. The molecule has 1 aromatic heterocycles. The Labute approximate surface area is 114 Å². The average molecular weight is 269 g/mol. The molecule has 0 saturated carbocycles. The second kappa shape index (κ2) is 6.39. The molecule has 1 fully saturated rings. The van der Waals surface area contributed by atoms with E-state index in [0.29, 0.717) is 11.8 Å². The molecule has 1 saturated heterocycles. The molecule has 0 bridgehead atoms. The lowest BCUT2D eigenvalue weighted by Crippen LogP contribution is -2.35. The highest BCUT2D eigenvalue weighted by atomic mass is 35.5. The SMILES string of the molecule is COCC1CCN(c2cc(C)ncc2CCl)CC1. The third-order valence-corrected chi connectivity index (χ3v) is 3.89. The number of halogens is 1. The lowest BCUT2D eigenvalue weighted by molar-refractivity contribution is 0.139. The van der Waals surface area contributed by atoms with Gasteiger partial charge in [-0.15, -0.1) is 11.6 Å². The van der Waals surface area contributed by atoms with E-state index in [1.165, 1.54) is 18.5 Å². The zero-order valence-electron chi connectivity index (χ0n) is 11.2. The molecule has 0 atom stereocenters. The summed E-state index contributed by atoms with van der Waals surface area (Å²) in [5.41, 5.74) is 3.44. The van der Waals surface area contributed by atoms with Crippen LogP contribution in [-0.4, -0.2) is 31.8 Å². The second-order valence-electron chi connectivity index (χ2n) is 4.97. The fourth-order valence-corrected chi connectivity index (χ4v) is 2.75. The summed E-state index contributed by atoms with van der Waals surface area (Å²) in [7, 11) is 1.78. The van der Waals surface area contributed by atoms with Crippen LogP contribution >= 0.6 is 11.6 Å². The first-order valence-electron chi connectivity index (χ1n) is 6.50. The summed E-state index contributed by atoms with van der Waals surface area (Å²) in [6.45, 7) is 5.08. The third-order valence-electron chi connectivity index (χ3n) is 3.60. The van der Waals surface area contributed by atoms with Crippen molar-refractivity contribution < 1.29 is 4.74 Å². The van der Waals surface area contributed by atoms with E-state index in [1.807, 2.05) is 13.1 Å². The van der Waals surface area contributed by atoms with Crippen molar-refractivity contribution in [3.63, 3.8) is 0 Å². The number of aromatic nitrogens is 1. The van der Waals surface area contributed by atoms with Gasteiger partial charge in [0.1, 0.15) is 0 Å². The van der Waals surface area contributed by atoms with E-state index in [0.717, 1.165) is 31.0 Å². The van der Waals surface area contributed by atoms with Crippen molar-refractivity contribution in [3.8, 4) is 0 Å². The zero-order chi connectivity index (χ0) is 13.0. The molecule has 1 aliphatic heterocycles. The normalized spacial score (nSPS) is 17.2. The summed E-state index contributed by atoms with van der Waals surface area (Å²) in [4.78, 5) is 6.75. The van der Waals surface area contributed by atoms with E-state index in [1.54, 1.807) is 7.11 Å². The maximum Gasteiger partial charge on any atom is 0.0509 e. The summed E-state index contributed by atoms with van der Waals surface area (Å²) in [6.07, 6.45) is 4.28. The minimum atomic E-state index is 0.528. The van der Waals surface area contributed by atoms with Gasteiger partial charge < -0.3 is 9.64 Å². The molecule has 1 aromatic rings. The molecule has 18 heavy (non-hydrogen) atoms. The molecule has 2 heterocycles. The largest absolute Gasteiger partial charge is 0.384 e. The number of ether oxygens (including phenoxy) is 1. The number of hydrogen-bond acceptors (Lipinski definition) is 3. The number of nitrogens with zero attached hydrogens (tertiary/aromatic N) is 2. The lowest BCUT2D eigenvalue weighted by atomic mass is 9.97. The van der Waals surface area contributed by atoms with Crippen molar-refractivity contribution >= 4 is 17.3 Å². The standard InChI is InChI=1S/C14H21ClN2O/c1-11-7-14(13(8-15)9-16-11)17-5-3-12(4-6-17)10-18-2/h7,9,12H,3-6,8,10H2,1-2H3. The molecule has 4 heteroatoms. The Morgan fingerprint density at radius 2 is 2.17 bits per heavy atom. The van der Waals surface area contributed by atoms with Gasteiger partial charge in [-0.2, -0.15) is 0 Å². The predicted octanol–water partition coefficient (Wildman–Crippen LogP) is 2.99. The quantitative estimate of drug-likeness (QED) is 0.785. The first kappa shape index (κ1) is 13.6. The number of aryl methyl sites for hydroxylation is 1. The molecule has 2 rings (SSSR count). The Bertz CT molecular complexity index is 389. The molecule has 0 radical (unpaired) electrons. The van der Waals surface area contributed by atoms with Crippen LogP contribution in [0, 0.1) is 12.8 Å². The van der Waals surface area contributed by atoms with E-state index >= 15 is 0 Å². The van der Waals surface area contributed by atoms with E-state index in [2.05, 4.69) is 16.0 Å². The van der Waals surface area contributed by atoms with E-state index in [-0.39, 0.29) is 0 Å². The Hall–Kier alpha value is -0.800.